The molecule has 2 unspecified atom stereocenters. The highest BCUT2D eigenvalue weighted by molar-refractivity contribution is 4.82. The normalized spacial score (nSPS) is 27.4. The van der Waals surface area contributed by atoms with Gasteiger partial charge in [0.15, 0.2) is 0 Å². The molecule has 0 bridgehead atoms. The van der Waals surface area contributed by atoms with Crippen molar-refractivity contribution in [3.63, 3.8) is 0 Å². The van der Waals surface area contributed by atoms with E-state index in [2.05, 4.69) is 12.2 Å². The molecule has 1 rings (SSSR count). The highest BCUT2D eigenvalue weighted by Crippen LogP contribution is 2.14. The van der Waals surface area contributed by atoms with Gasteiger partial charge in [-0.3, -0.25) is 0 Å². The van der Waals surface area contributed by atoms with Gasteiger partial charge >= 0.3 is 0 Å². The number of ether oxygens (including phenoxy) is 1. The Balaban J connectivity index is 2.27. The van der Waals surface area contributed by atoms with E-state index in [1.807, 2.05) is 12.1 Å². The Kier molecular flexibility index (Phi) is 5.40. The minimum atomic E-state index is 0.493. The van der Waals surface area contributed by atoms with Crippen LogP contribution < -0.4 is 5.32 Å². The number of nitrogens with zero attached hydrogens (tertiary/aromatic N) is 1. The van der Waals surface area contributed by atoms with Crippen molar-refractivity contribution in [2.75, 3.05) is 40.5 Å². The molecule has 0 saturated carbocycles. The van der Waals surface area contributed by atoms with E-state index in [-0.39, 0.29) is 0 Å². The Hall–Kier alpha value is -0.160. The Morgan fingerprint density at radius 3 is 2.93 bits per heavy atom. The van der Waals surface area contributed by atoms with Crippen LogP contribution in [0, 0.1) is 5.92 Å². The monoisotopic (exact) mass is 202 g/mol. The van der Waals surface area contributed by atoms with E-state index in [9.17, 15) is 0 Å². The van der Waals surface area contributed by atoms with E-state index in [1.165, 1.54) is 6.42 Å². The molecule has 4 nitrogen and oxygen atoms in total. The van der Waals surface area contributed by atoms with Gasteiger partial charge in [0.05, 0.1) is 20.3 Å². The molecule has 1 N–H and O–H groups in total. The lowest BCUT2D eigenvalue weighted by Crippen LogP contribution is -2.40. The molecule has 2 atom stereocenters. The summed E-state index contributed by atoms with van der Waals surface area (Å²) >= 11 is 0. The van der Waals surface area contributed by atoms with Crippen LogP contribution in [0.4, 0.5) is 0 Å². The molecule has 0 aromatic heterocycles. The summed E-state index contributed by atoms with van der Waals surface area (Å²) in [7, 11) is 3.65. The van der Waals surface area contributed by atoms with E-state index < -0.39 is 0 Å². The molecule has 1 aliphatic heterocycles. The van der Waals surface area contributed by atoms with E-state index in [1.54, 1.807) is 7.11 Å². The largest absolute Gasteiger partial charge is 0.379 e. The first-order valence-corrected chi connectivity index (χ1v) is 5.34. The zero-order valence-electron chi connectivity index (χ0n) is 9.45. The number of nitrogens with one attached hydrogen (secondary N) is 1. The van der Waals surface area contributed by atoms with Crippen LogP contribution in [0.2, 0.25) is 0 Å². The van der Waals surface area contributed by atoms with Crippen LogP contribution in [0.25, 0.3) is 0 Å². The van der Waals surface area contributed by atoms with Gasteiger partial charge in [0.2, 0.25) is 0 Å². The van der Waals surface area contributed by atoms with E-state index in [4.69, 9.17) is 9.57 Å². The van der Waals surface area contributed by atoms with Crippen molar-refractivity contribution in [1.29, 1.82) is 0 Å². The molecule has 1 aliphatic rings. The van der Waals surface area contributed by atoms with Crippen LogP contribution in [0.3, 0.4) is 0 Å². The average molecular weight is 202 g/mol. The molecule has 0 aromatic rings. The maximum absolute atomic E-state index is 5.47. The Labute approximate surface area is 86.5 Å². The van der Waals surface area contributed by atoms with E-state index in [0.29, 0.717) is 12.0 Å². The first-order valence-electron chi connectivity index (χ1n) is 5.34. The summed E-state index contributed by atoms with van der Waals surface area (Å²) in [6.07, 6.45) is 1.17. The number of hydrogen-bond acceptors (Lipinski definition) is 4. The summed E-state index contributed by atoms with van der Waals surface area (Å²) in [6.45, 7) is 5.86. The highest BCUT2D eigenvalue weighted by Gasteiger charge is 2.28. The topological polar surface area (TPSA) is 33.7 Å². The summed E-state index contributed by atoms with van der Waals surface area (Å²) in [4.78, 5) is 5.11. The van der Waals surface area contributed by atoms with E-state index in [0.717, 1.165) is 26.3 Å². The van der Waals surface area contributed by atoms with Crippen molar-refractivity contribution in [2.45, 2.75) is 19.4 Å². The second kappa shape index (κ2) is 6.35. The van der Waals surface area contributed by atoms with Gasteiger partial charge in [-0.15, -0.1) is 0 Å². The first kappa shape index (κ1) is 11.9. The smallest absolute Gasteiger partial charge is 0.0623 e. The van der Waals surface area contributed by atoms with Crippen molar-refractivity contribution >= 4 is 0 Å². The van der Waals surface area contributed by atoms with Crippen LogP contribution in [-0.4, -0.2) is 51.6 Å². The Bertz CT molecular complexity index is 155. The molecule has 1 heterocycles. The van der Waals surface area contributed by atoms with E-state index >= 15 is 0 Å². The second-order valence-corrected chi connectivity index (χ2v) is 3.85. The molecular weight excluding hydrogens is 180 g/mol. The first-order chi connectivity index (χ1) is 6.77. The van der Waals surface area contributed by atoms with Crippen molar-refractivity contribution in [3.05, 3.63) is 0 Å². The lowest BCUT2D eigenvalue weighted by Gasteiger charge is -2.23. The van der Waals surface area contributed by atoms with Crippen molar-refractivity contribution in [2.24, 2.45) is 5.92 Å². The van der Waals surface area contributed by atoms with Gasteiger partial charge in [-0.05, 0) is 13.0 Å². The fourth-order valence-corrected chi connectivity index (χ4v) is 1.74. The summed E-state index contributed by atoms with van der Waals surface area (Å²) < 4.78 is 5.47. The van der Waals surface area contributed by atoms with Gasteiger partial charge in [-0.25, -0.2) is 0 Å². The van der Waals surface area contributed by atoms with Crippen LogP contribution in [0.5, 0.6) is 0 Å². The number of hydroxylamine groups is 2. The number of hydrogen-bond donors (Lipinski definition) is 1. The number of rotatable bonds is 6. The predicted molar refractivity (Wildman–Crippen MR) is 56.0 cm³/mol. The molecule has 0 amide bonds. The Morgan fingerprint density at radius 2 is 2.29 bits per heavy atom. The third-order valence-corrected chi connectivity index (χ3v) is 2.66. The summed E-state index contributed by atoms with van der Waals surface area (Å²) in [5.74, 6) is 0.548. The molecule has 1 saturated heterocycles. The lowest BCUT2D eigenvalue weighted by molar-refractivity contribution is -0.119. The zero-order valence-corrected chi connectivity index (χ0v) is 9.45. The second-order valence-electron chi connectivity index (χ2n) is 3.85. The third-order valence-electron chi connectivity index (χ3n) is 2.66. The maximum atomic E-state index is 5.47. The molecule has 0 radical (unpaired) electrons. The standard InChI is InChI=1S/C10H22N2O2/c1-4-5-11-10-8-14-7-9(10)6-12(2)13-3/h9-11H,4-8H2,1-3H3. The summed E-state index contributed by atoms with van der Waals surface area (Å²) in [5.41, 5.74) is 0. The van der Waals surface area contributed by atoms with Gasteiger partial charge in [0.1, 0.15) is 0 Å². The molecular formula is C10H22N2O2. The van der Waals surface area contributed by atoms with Gasteiger partial charge in [0, 0.05) is 25.6 Å². The predicted octanol–water partition coefficient (Wildman–Crippen LogP) is 0.494. The minimum absolute atomic E-state index is 0.493. The van der Waals surface area contributed by atoms with Gasteiger partial charge in [0.25, 0.3) is 0 Å². The van der Waals surface area contributed by atoms with Crippen LogP contribution in [-0.2, 0) is 9.57 Å². The Morgan fingerprint density at radius 1 is 1.50 bits per heavy atom. The molecule has 4 heteroatoms. The molecule has 84 valence electrons. The maximum Gasteiger partial charge on any atom is 0.0623 e. The highest BCUT2D eigenvalue weighted by atomic mass is 16.7. The summed E-state index contributed by atoms with van der Waals surface area (Å²) in [6, 6.07) is 0.493. The van der Waals surface area contributed by atoms with Crippen LogP contribution in [0.15, 0.2) is 0 Å². The van der Waals surface area contributed by atoms with Crippen molar-refractivity contribution in [3.8, 4) is 0 Å². The third kappa shape index (κ3) is 3.53. The van der Waals surface area contributed by atoms with Crippen LogP contribution in [0.1, 0.15) is 13.3 Å². The summed E-state index contributed by atoms with van der Waals surface area (Å²) in [5, 5.41) is 5.36. The van der Waals surface area contributed by atoms with Gasteiger partial charge < -0.3 is 14.9 Å². The van der Waals surface area contributed by atoms with Crippen molar-refractivity contribution in [1.82, 2.24) is 10.4 Å². The molecule has 14 heavy (non-hydrogen) atoms. The molecule has 1 fully saturated rings. The fourth-order valence-electron chi connectivity index (χ4n) is 1.74. The minimum Gasteiger partial charge on any atom is -0.379 e. The van der Waals surface area contributed by atoms with Gasteiger partial charge in [-0.2, -0.15) is 5.06 Å². The molecule has 0 aromatic carbocycles. The molecule has 0 spiro atoms. The van der Waals surface area contributed by atoms with Crippen LogP contribution >= 0.6 is 0 Å². The quantitative estimate of drug-likeness (QED) is 0.636. The average Bonchev–Trinajstić information content (AvgIpc) is 2.62. The van der Waals surface area contributed by atoms with Gasteiger partial charge in [-0.1, -0.05) is 6.92 Å². The lowest BCUT2D eigenvalue weighted by atomic mass is 10.0. The fraction of sp³-hybridized carbons (Fsp3) is 1.00. The molecule has 0 aliphatic carbocycles. The SMILES string of the molecule is CCCNC1COCC1CN(C)OC. The zero-order chi connectivity index (χ0) is 10.4. The van der Waals surface area contributed by atoms with Crippen molar-refractivity contribution < 1.29 is 9.57 Å².